The standard InChI is InChI=1S/C15H16N4O2.BrH/c16-14(20)12-4-1-6-18(10-12)8-3-9-19-7-2-5-13(11-19)15(17)21;/h1-2,4-7,10-11H,3,8-9H2,(H2-2,16,17,20,21);1H/p+1. The smallest absolute Gasteiger partial charge is 0.254 e. The Morgan fingerprint density at radius 2 is 1.27 bits per heavy atom. The molecule has 6 nitrogen and oxygen atoms in total. The molecule has 0 aliphatic rings. The number of amides is 2. The highest BCUT2D eigenvalue weighted by Gasteiger charge is 2.10. The van der Waals surface area contributed by atoms with Crippen molar-refractivity contribution >= 4 is 11.8 Å². The predicted octanol–water partition coefficient (Wildman–Crippen LogP) is -3.45. The summed E-state index contributed by atoms with van der Waals surface area (Å²) in [7, 11) is 0. The molecule has 2 aromatic rings. The molecule has 2 heterocycles. The number of carbonyl (C=O) groups excluding carboxylic acids is 2. The number of pyridine rings is 2. The second kappa shape index (κ2) is 8.23. The van der Waals surface area contributed by atoms with Gasteiger partial charge in [-0.3, -0.25) is 9.59 Å². The van der Waals surface area contributed by atoms with Gasteiger partial charge < -0.3 is 28.4 Å². The summed E-state index contributed by atoms with van der Waals surface area (Å²) in [4.78, 5) is 22.2. The van der Waals surface area contributed by atoms with E-state index in [1.807, 2.05) is 21.5 Å². The number of halogens is 1. The van der Waals surface area contributed by atoms with E-state index >= 15 is 0 Å². The van der Waals surface area contributed by atoms with Gasteiger partial charge in [0, 0.05) is 12.1 Å². The van der Waals surface area contributed by atoms with Gasteiger partial charge in [-0.05, 0) is 12.1 Å². The summed E-state index contributed by atoms with van der Waals surface area (Å²) < 4.78 is 3.83. The maximum absolute atomic E-state index is 11.1. The minimum Gasteiger partial charge on any atom is -1.00 e. The number of primary amides is 2. The van der Waals surface area contributed by atoms with Crippen LogP contribution in [0.4, 0.5) is 0 Å². The molecule has 2 aromatic heterocycles. The lowest BCUT2D eigenvalue weighted by atomic mass is 10.2. The van der Waals surface area contributed by atoms with Crippen LogP contribution in [0.2, 0.25) is 0 Å². The summed E-state index contributed by atoms with van der Waals surface area (Å²) in [6.45, 7) is 1.49. The number of aryl methyl sites for hydroxylation is 2. The first kappa shape index (κ1) is 17.8. The number of hydrogen-bond acceptors (Lipinski definition) is 2. The zero-order valence-corrected chi connectivity index (χ0v) is 13.6. The third-order valence-electron chi connectivity index (χ3n) is 3.12. The molecule has 2 rings (SSSR count). The van der Waals surface area contributed by atoms with Gasteiger partial charge in [0.15, 0.2) is 37.9 Å². The third kappa shape index (κ3) is 4.92. The molecule has 0 saturated heterocycles. The van der Waals surface area contributed by atoms with Crippen molar-refractivity contribution < 1.29 is 35.7 Å². The Labute approximate surface area is 139 Å². The lowest BCUT2D eigenvalue weighted by Crippen LogP contribution is -3.00. The quantitative estimate of drug-likeness (QED) is 0.521. The largest absolute Gasteiger partial charge is 1.00 e. The van der Waals surface area contributed by atoms with Crippen LogP contribution < -0.4 is 37.6 Å². The molecule has 0 aliphatic heterocycles. The summed E-state index contributed by atoms with van der Waals surface area (Å²) in [6.07, 6.45) is 8.08. The van der Waals surface area contributed by atoms with Crippen LogP contribution in [0.5, 0.6) is 0 Å². The monoisotopic (exact) mass is 365 g/mol. The normalized spacial score (nSPS) is 9.82. The van der Waals surface area contributed by atoms with Gasteiger partial charge in [-0.1, -0.05) is 0 Å². The number of hydrogen-bond donors (Lipinski definition) is 2. The van der Waals surface area contributed by atoms with Gasteiger partial charge in [0.2, 0.25) is 0 Å². The summed E-state index contributed by atoms with van der Waals surface area (Å²) >= 11 is 0. The fraction of sp³-hybridized carbons (Fsp3) is 0.200. The van der Waals surface area contributed by atoms with Crippen molar-refractivity contribution in [1.82, 2.24) is 0 Å². The molecule has 0 aromatic carbocycles. The van der Waals surface area contributed by atoms with Gasteiger partial charge in [-0.2, -0.15) is 0 Å². The maximum atomic E-state index is 11.1. The van der Waals surface area contributed by atoms with Gasteiger partial charge in [0.25, 0.3) is 11.8 Å². The number of nitrogens with two attached hydrogens (primary N) is 2. The molecule has 0 aliphatic carbocycles. The highest BCUT2D eigenvalue weighted by atomic mass is 79.9. The van der Waals surface area contributed by atoms with Gasteiger partial charge in [-0.25, -0.2) is 9.13 Å². The van der Waals surface area contributed by atoms with E-state index in [4.69, 9.17) is 11.5 Å². The van der Waals surface area contributed by atoms with Crippen molar-refractivity contribution in [1.29, 1.82) is 0 Å². The minimum absolute atomic E-state index is 0. The van der Waals surface area contributed by atoms with Crippen molar-refractivity contribution in [3.63, 3.8) is 0 Å². The van der Waals surface area contributed by atoms with E-state index in [2.05, 4.69) is 0 Å². The molecule has 0 bridgehead atoms. The topological polar surface area (TPSA) is 93.9 Å². The maximum Gasteiger partial charge on any atom is 0.254 e. The van der Waals surface area contributed by atoms with Crippen LogP contribution in [0, 0.1) is 0 Å². The number of carbonyl (C=O) groups is 2. The van der Waals surface area contributed by atoms with Gasteiger partial charge in [0.05, 0.1) is 6.42 Å². The van der Waals surface area contributed by atoms with E-state index in [9.17, 15) is 9.59 Å². The molecule has 7 heteroatoms. The van der Waals surface area contributed by atoms with Crippen molar-refractivity contribution in [2.24, 2.45) is 11.5 Å². The van der Waals surface area contributed by atoms with E-state index in [1.54, 1.807) is 36.7 Å². The average molecular weight is 366 g/mol. The Balaban J connectivity index is 0.00000242. The first-order valence-electron chi connectivity index (χ1n) is 6.64. The first-order valence-corrected chi connectivity index (χ1v) is 6.64. The lowest BCUT2D eigenvalue weighted by Gasteiger charge is -1.99. The molecule has 116 valence electrons. The second-order valence-electron chi connectivity index (χ2n) is 4.74. The van der Waals surface area contributed by atoms with Crippen LogP contribution in [-0.2, 0) is 13.1 Å². The molecule has 0 unspecified atom stereocenters. The average Bonchev–Trinajstić information content (AvgIpc) is 2.48. The molecule has 22 heavy (non-hydrogen) atoms. The van der Waals surface area contributed by atoms with Crippen LogP contribution in [0.1, 0.15) is 27.1 Å². The number of aromatic nitrogens is 2. The Hall–Kier alpha value is -2.28. The summed E-state index contributed by atoms with van der Waals surface area (Å²) in [5, 5.41) is 0. The van der Waals surface area contributed by atoms with Crippen LogP contribution in [-0.4, -0.2) is 11.8 Å². The molecule has 0 atom stereocenters. The van der Waals surface area contributed by atoms with E-state index in [1.165, 1.54) is 0 Å². The molecule has 0 saturated carbocycles. The summed E-state index contributed by atoms with van der Waals surface area (Å²) in [6, 6.07) is 6.95. The Morgan fingerprint density at radius 3 is 1.64 bits per heavy atom. The fourth-order valence-electron chi connectivity index (χ4n) is 2.05. The van der Waals surface area contributed by atoms with E-state index in [0.717, 1.165) is 19.5 Å². The number of nitrogens with zero attached hydrogens (tertiary/aromatic N) is 2. The Kier molecular flexibility index (Phi) is 6.65. The second-order valence-corrected chi connectivity index (χ2v) is 4.74. The molecular weight excluding hydrogens is 348 g/mol. The molecule has 2 amide bonds. The SMILES string of the molecule is NC(=O)c1ccc[n+](CCC[n+]2cccc(C(N)=O)c2)c1.[Br-]. The lowest BCUT2D eigenvalue weighted by molar-refractivity contribution is -0.727. The zero-order chi connectivity index (χ0) is 15.2. The Morgan fingerprint density at radius 1 is 0.864 bits per heavy atom. The van der Waals surface area contributed by atoms with Gasteiger partial charge in [-0.15, -0.1) is 0 Å². The summed E-state index contributed by atoms with van der Waals surface area (Å²) in [5.74, 6) is -0.874. The third-order valence-corrected chi connectivity index (χ3v) is 3.12. The van der Waals surface area contributed by atoms with Crippen LogP contribution >= 0.6 is 0 Å². The van der Waals surface area contributed by atoms with Crippen molar-refractivity contribution in [2.45, 2.75) is 19.5 Å². The van der Waals surface area contributed by atoms with Crippen LogP contribution in [0.3, 0.4) is 0 Å². The first-order chi connectivity index (χ1) is 10.1. The van der Waals surface area contributed by atoms with Crippen molar-refractivity contribution in [3.8, 4) is 0 Å². The van der Waals surface area contributed by atoms with Crippen molar-refractivity contribution in [3.05, 3.63) is 60.2 Å². The van der Waals surface area contributed by atoms with E-state index < -0.39 is 11.8 Å². The summed E-state index contributed by atoms with van der Waals surface area (Å²) in [5.41, 5.74) is 11.5. The molecule has 4 N–H and O–H groups in total. The van der Waals surface area contributed by atoms with Crippen LogP contribution in [0.15, 0.2) is 49.1 Å². The van der Waals surface area contributed by atoms with E-state index in [-0.39, 0.29) is 17.0 Å². The van der Waals surface area contributed by atoms with Crippen molar-refractivity contribution in [2.75, 3.05) is 0 Å². The van der Waals surface area contributed by atoms with E-state index in [0.29, 0.717) is 11.1 Å². The number of rotatable bonds is 6. The van der Waals surface area contributed by atoms with Crippen LogP contribution in [0.25, 0.3) is 0 Å². The van der Waals surface area contributed by atoms with Gasteiger partial charge in [0.1, 0.15) is 11.1 Å². The molecular formula is C15H18BrN4O2+. The highest BCUT2D eigenvalue weighted by Crippen LogP contribution is 1.94. The van der Waals surface area contributed by atoms with Gasteiger partial charge >= 0.3 is 0 Å². The fourth-order valence-corrected chi connectivity index (χ4v) is 2.05. The Bertz CT molecular complexity index is 619. The zero-order valence-electron chi connectivity index (χ0n) is 12.0. The molecule has 0 fully saturated rings. The molecule has 0 spiro atoms. The highest BCUT2D eigenvalue weighted by molar-refractivity contribution is 5.92. The minimum atomic E-state index is -0.437. The predicted molar refractivity (Wildman–Crippen MR) is 74.9 cm³/mol. The molecule has 0 radical (unpaired) electrons.